The van der Waals surface area contributed by atoms with Crippen LogP contribution in [0.2, 0.25) is 0 Å². The van der Waals surface area contributed by atoms with Crippen LogP contribution in [0, 0.1) is 0 Å². The third-order valence-corrected chi connectivity index (χ3v) is 3.63. The molecule has 1 aromatic heterocycles. The molecule has 0 bridgehead atoms. The van der Waals surface area contributed by atoms with E-state index in [0.717, 1.165) is 11.8 Å². The molecule has 1 rings (SSSR count). The summed E-state index contributed by atoms with van der Waals surface area (Å²) in [6.07, 6.45) is 7.43. The maximum atomic E-state index is 12.3. The van der Waals surface area contributed by atoms with Gasteiger partial charge in [0.2, 0.25) is 0 Å². The lowest BCUT2D eigenvalue weighted by Crippen LogP contribution is -2.36. The van der Waals surface area contributed by atoms with Gasteiger partial charge in [0.05, 0.1) is 5.56 Å². The molecule has 0 saturated heterocycles. The van der Waals surface area contributed by atoms with Gasteiger partial charge in [-0.2, -0.15) is 11.8 Å². The van der Waals surface area contributed by atoms with Crippen LogP contribution in [0.4, 0.5) is 0 Å². The number of pyridine rings is 1. The molecule has 0 aliphatic heterocycles. The van der Waals surface area contributed by atoms with E-state index in [4.69, 9.17) is 5.11 Å². The number of nitrogens with zero attached hydrogens (tertiary/aromatic N) is 2. The Balaban J connectivity index is 2.88. The molecule has 6 heteroatoms. The van der Waals surface area contributed by atoms with Gasteiger partial charge in [-0.3, -0.25) is 9.78 Å². The Morgan fingerprint density at radius 1 is 1.50 bits per heavy atom. The zero-order valence-electron chi connectivity index (χ0n) is 11.7. The van der Waals surface area contributed by atoms with Gasteiger partial charge in [-0.05, 0) is 30.9 Å². The SMILES string of the molecule is CSCC(C)N(C)C(=O)c1cncc(/C=C/C(=O)O)c1. The monoisotopic (exact) mass is 294 g/mol. The summed E-state index contributed by atoms with van der Waals surface area (Å²) in [5, 5.41) is 8.59. The summed E-state index contributed by atoms with van der Waals surface area (Å²) in [5.41, 5.74) is 1.04. The zero-order valence-corrected chi connectivity index (χ0v) is 12.6. The lowest BCUT2D eigenvalue weighted by molar-refractivity contribution is -0.131. The topological polar surface area (TPSA) is 70.5 Å². The van der Waals surface area contributed by atoms with E-state index in [1.54, 1.807) is 29.8 Å². The lowest BCUT2D eigenvalue weighted by Gasteiger charge is -2.24. The van der Waals surface area contributed by atoms with E-state index in [1.165, 1.54) is 18.5 Å². The fourth-order valence-electron chi connectivity index (χ4n) is 1.59. The molecule has 1 atom stereocenters. The van der Waals surface area contributed by atoms with E-state index in [1.807, 2.05) is 13.2 Å². The highest BCUT2D eigenvalue weighted by atomic mass is 32.2. The normalized spacial score (nSPS) is 12.3. The Morgan fingerprint density at radius 2 is 2.20 bits per heavy atom. The zero-order chi connectivity index (χ0) is 15.1. The summed E-state index contributed by atoms with van der Waals surface area (Å²) in [4.78, 5) is 28.4. The molecule has 1 heterocycles. The first-order valence-corrected chi connectivity index (χ1v) is 7.47. The minimum absolute atomic E-state index is 0.121. The third kappa shape index (κ3) is 4.70. The molecule has 5 nitrogen and oxygen atoms in total. The van der Waals surface area contributed by atoms with Gasteiger partial charge >= 0.3 is 5.97 Å². The fourth-order valence-corrected chi connectivity index (χ4v) is 2.30. The molecule has 1 aromatic rings. The molecule has 0 spiro atoms. The average Bonchev–Trinajstić information content (AvgIpc) is 2.44. The van der Waals surface area contributed by atoms with Crippen molar-refractivity contribution in [3.8, 4) is 0 Å². The first-order valence-electron chi connectivity index (χ1n) is 6.08. The van der Waals surface area contributed by atoms with Crippen molar-refractivity contribution in [2.24, 2.45) is 0 Å². The maximum Gasteiger partial charge on any atom is 0.328 e. The molecule has 0 aliphatic carbocycles. The van der Waals surface area contributed by atoms with E-state index in [9.17, 15) is 9.59 Å². The number of carbonyl (C=O) groups excluding carboxylic acids is 1. The molecule has 0 fully saturated rings. The van der Waals surface area contributed by atoms with Crippen molar-refractivity contribution in [2.45, 2.75) is 13.0 Å². The summed E-state index contributed by atoms with van der Waals surface area (Å²) in [6.45, 7) is 1.98. The Labute approximate surface area is 122 Å². The number of aliphatic carboxylic acids is 1. The Morgan fingerprint density at radius 3 is 2.80 bits per heavy atom. The fraction of sp³-hybridized carbons (Fsp3) is 0.357. The molecule has 1 unspecified atom stereocenters. The number of carbonyl (C=O) groups is 2. The minimum atomic E-state index is -1.03. The van der Waals surface area contributed by atoms with Crippen molar-refractivity contribution in [1.29, 1.82) is 0 Å². The second kappa shape index (κ2) is 7.69. The van der Waals surface area contributed by atoms with Gasteiger partial charge in [-0.1, -0.05) is 0 Å². The second-order valence-corrected chi connectivity index (χ2v) is 5.31. The summed E-state index contributed by atoms with van der Waals surface area (Å²) < 4.78 is 0. The Kier molecular flexibility index (Phi) is 6.24. The average molecular weight is 294 g/mol. The summed E-state index contributed by atoms with van der Waals surface area (Å²) >= 11 is 1.68. The van der Waals surface area contributed by atoms with Crippen molar-refractivity contribution in [3.05, 3.63) is 35.7 Å². The van der Waals surface area contributed by atoms with Gasteiger partial charge in [0.25, 0.3) is 5.91 Å². The van der Waals surface area contributed by atoms with Gasteiger partial charge < -0.3 is 10.0 Å². The van der Waals surface area contributed by atoms with Crippen LogP contribution in [0.5, 0.6) is 0 Å². The van der Waals surface area contributed by atoms with Crippen LogP contribution in [0.3, 0.4) is 0 Å². The third-order valence-electron chi connectivity index (χ3n) is 2.81. The van der Waals surface area contributed by atoms with Crippen LogP contribution in [0.1, 0.15) is 22.8 Å². The maximum absolute atomic E-state index is 12.3. The van der Waals surface area contributed by atoms with Crippen LogP contribution in [0.15, 0.2) is 24.5 Å². The minimum Gasteiger partial charge on any atom is -0.478 e. The van der Waals surface area contributed by atoms with E-state index < -0.39 is 5.97 Å². The van der Waals surface area contributed by atoms with Crippen molar-refractivity contribution in [3.63, 3.8) is 0 Å². The number of amides is 1. The summed E-state index contributed by atoms with van der Waals surface area (Å²) in [6, 6.07) is 1.76. The van der Waals surface area contributed by atoms with Gasteiger partial charge in [0.1, 0.15) is 0 Å². The number of thioether (sulfide) groups is 1. The largest absolute Gasteiger partial charge is 0.478 e. The lowest BCUT2D eigenvalue weighted by atomic mass is 10.1. The van der Waals surface area contributed by atoms with E-state index in [0.29, 0.717) is 11.1 Å². The van der Waals surface area contributed by atoms with Crippen LogP contribution < -0.4 is 0 Å². The molecule has 0 radical (unpaired) electrons. The highest BCUT2D eigenvalue weighted by molar-refractivity contribution is 7.98. The molecule has 0 aliphatic rings. The van der Waals surface area contributed by atoms with Gasteiger partial charge in [0, 0.05) is 37.3 Å². The summed E-state index contributed by atoms with van der Waals surface area (Å²) in [5.74, 6) is -0.300. The predicted molar refractivity (Wildman–Crippen MR) is 80.8 cm³/mol. The van der Waals surface area contributed by atoms with Crippen LogP contribution >= 0.6 is 11.8 Å². The van der Waals surface area contributed by atoms with E-state index in [2.05, 4.69) is 4.98 Å². The quantitative estimate of drug-likeness (QED) is 0.813. The van der Waals surface area contributed by atoms with Crippen LogP contribution in [-0.4, -0.2) is 52.0 Å². The highest BCUT2D eigenvalue weighted by Gasteiger charge is 2.17. The first kappa shape index (κ1) is 16.2. The van der Waals surface area contributed by atoms with Crippen molar-refractivity contribution in [1.82, 2.24) is 9.88 Å². The molecule has 1 amide bonds. The molecular formula is C14H18N2O3S. The number of rotatable bonds is 6. The number of carboxylic acids is 1. The van der Waals surface area contributed by atoms with E-state index in [-0.39, 0.29) is 11.9 Å². The molecule has 0 aromatic carbocycles. The predicted octanol–water partition coefficient (Wildman–Crippen LogP) is 2.00. The Bertz CT molecular complexity index is 517. The second-order valence-electron chi connectivity index (χ2n) is 4.40. The highest BCUT2D eigenvalue weighted by Crippen LogP contribution is 2.11. The molecule has 1 N–H and O–H groups in total. The summed E-state index contributed by atoms with van der Waals surface area (Å²) in [7, 11) is 1.75. The smallest absolute Gasteiger partial charge is 0.328 e. The van der Waals surface area contributed by atoms with Crippen molar-refractivity contribution < 1.29 is 14.7 Å². The molecule has 108 valence electrons. The molecular weight excluding hydrogens is 276 g/mol. The van der Waals surface area contributed by atoms with E-state index >= 15 is 0 Å². The number of aromatic nitrogens is 1. The standard InChI is InChI=1S/C14H18N2O3S/c1-10(9-20-3)16(2)14(19)12-6-11(7-15-8-12)4-5-13(17)18/h4-8,10H,9H2,1-3H3,(H,17,18)/b5-4+. The van der Waals surface area contributed by atoms with Gasteiger partial charge in [-0.15, -0.1) is 0 Å². The number of hydrogen-bond donors (Lipinski definition) is 1. The van der Waals surface area contributed by atoms with Crippen LogP contribution in [0.25, 0.3) is 6.08 Å². The van der Waals surface area contributed by atoms with Crippen molar-refractivity contribution >= 4 is 29.7 Å². The van der Waals surface area contributed by atoms with Gasteiger partial charge in [-0.25, -0.2) is 4.79 Å². The van der Waals surface area contributed by atoms with Gasteiger partial charge in [0.15, 0.2) is 0 Å². The number of hydrogen-bond acceptors (Lipinski definition) is 4. The van der Waals surface area contributed by atoms with Crippen molar-refractivity contribution in [2.75, 3.05) is 19.1 Å². The molecule has 20 heavy (non-hydrogen) atoms. The number of carboxylic acid groups (broad SMARTS) is 1. The first-order chi connectivity index (χ1) is 9.45. The van der Waals surface area contributed by atoms with Crippen LogP contribution in [-0.2, 0) is 4.79 Å². The Hall–Kier alpha value is -1.82. The molecule has 0 saturated carbocycles.